The number of hydrogen-bond donors (Lipinski definition) is 2. The zero-order valence-corrected chi connectivity index (χ0v) is 15.4. The van der Waals surface area contributed by atoms with Crippen molar-refractivity contribution in [2.75, 3.05) is 13.6 Å². The van der Waals surface area contributed by atoms with Crippen molar-refractivity contribution in [2.45, 2.75) is 25.3 Å². The number of rotatable bonds is 3. The zero-order chi connectivity index (χ0) is 19.0. The second kappa shape index (κ2) is 7.06. The smallest absolute Gasteiger partial charge is 0.253 e. The van der Waals surface area contributed by atoms with Gasteiger partial charge in [0.05, 0.1) is 0 Å². The Morgan fingerprint density at radius 1 is 1.07 bits per heavy atom. The van der Waals surface area contributed by atoms with Gasteiger partial charge in [-0.1, -0.05) is 24.3 Å². The Morgan fingerprint density at radius 2 is 1.81 bits per heavy atom. The molecule has 2 aromatic carbocycles. The summed E-state index contributed by atoms with van der Waals surface area (Å²) in [5.41, 5.74) is 2.57. The normalized spacial score (nSPS) is 24.2. The third kappa shape index (κ3) is 3.54. The topological polar surface area (TPSA) is 69.6 Å². The number of benzene rings is 2. The van der Waals surface area contributed by atoms with Crippen LogP contribution in [0.25, 0.3) is 11.1 Å². The van der Waals surface area contributed by atoms with Crippen LogP contribution in [0.5, 0.6) is 5.75 Å². The Hall–Kier alpha value is -2.82. The number of carbonyl (C=O) groups is 2. The van der Waals surface area contributed by atoms with Gasteiger partial charge >= 0.3 is 0 Å². The summed E-state index contributed by atoms with van der Waals surface area (Å²) in [4.78, 5) is 26.5. The Morgan fingerprint density at radius 3 is 2.59 bits per heavy atom. The standard InChI is InChI=1S/C22H24N2O3/c1-24(19-10-17-12-21(26)23-13-18(17)11-19)22(27)16-4-2-3-15(9-16)14-5-7-20(25)8-6-14/h2-9,17-19,25H,10-13H2,1H3,(H,23,26)/t17-,18+,19-/m1/s1. The van der Waals surface area contributed by atoms with Crippen molar-refractivity contribution in [3.63, 3.8) is 0 Å². The predicted octanol–water partition coefficient (Wildman–Crippen LogP) is 3.05. The molecule has 0 aromatic heterocycles. The molecule has 5 heteroatoms. The van der Waals surface area contributed by atoms with Crippen LogP contribution in [0.4, 0.5) is 0 Å². The molecule has 2 aliphatic rings. The number of phenols is 1. The summed E-state index contributed by atoms with van der Waals surface area (Å²) in [5.74, 6) is 1.24. The van der Waals surface area contributed by atoms with E-state index in [4.69, 9.17) is 0 Å². The minimum Gasteiger partial charge on any atom is -0.508 e. The van der Waals surface area contributed by atoms with E-state index < -0.39 is 0 Å². The minimum absolute atomic E-state index is 0.0126. The average molecular weight is 364 g/mol. The third-order valence-corrected chi connectivity index (χ3v) is 6.00. The molecule has 27 heavy (non-hydrogen) atoms. The maximum absolute atomic E-state index is 13.0. The molecule has 0 unspecified atom stereocenters. The summed E-state index contributed by atoms with van der Waals surface area (Å²) in [6, 6.07) is 14.7. The molecule has 2 N–H and O–H groups in total. The number of nitrogens with one attached hydrogen (secondary N) is 1. The van der Waals surface area contributed by atoms with Crippen LogP contribution < -0.4 is 5.32 Å². The fourth-order valence-corrected chi connectivity index (χ4v) is 4.41. The van der Waals surface area contributed by atoms with Gasteiger partial charge in [-0.3, -0.25) is 9.59 Å². The molecule has 1 saturated carbocycles. The summed E-state index contributed by atoms with van der Waals surface area (Å²) in [5, 5.41) is 12.4. The third-order valence-electron chi connectivity index (χ3n) is 6.00. The lowest BCUT2D eigenvalue weighted by Gasteiger charge is -2.25. The summed E-state index contributed by atoms with van der Waals surface area (Å²) < 4.78 is 0. The number of nitrogens with zero attached hydrogens (tertiary/aromatic N) is 1. The number of hydrogen-bond acceptors (Lipinski definition) is 3. The van der Waals surface area contributed by atoms with Gasteiger partial charge in [0.25, 0.3) is 5.91 Å². The van der Waals surface area contributed by atoms with Gasteiger partial charge in [0, 0.05) is 31.6 Å². The molecule has 5 nitrogen and oxygen atoms in total. The van der Waals surface area contributed by atoms with E-state index in [-0.39, 0.29) is 23.6 Å². The molecule has 0 spiro atoms. The van der Waals surface area contributed by atoms with Crippen LogP contribution in [0.1, 0.15) is 29.6 Å². The molecule has 1 aliphatic carbocycles. The number of carbonyl (C=O) groups excluding carboxylic acids is 2. The van der Waals surface area contributed by atoms with Crippen LogP contribution in [0.15, 0.2) is 48.5 Å². The van der Waals surface area contributed by atoms with E-state index in [1.807, 2.05) is 48.3 Å². The summed E-state index contributed by atoms with van der Waals surface area (Å²) in [6.07, 6.45) is 2.43. The molecular formula is C22H24N2O3. The fraction of sp³-hybridized carbons (Fsp3) is 0.364. The van der Waals surface area contributed by atoms with Crippen LogP contribution in [0, 0.1) is 11.8 Å². The largest absolute Gasteiger partial charge is 0.508 e. The van der Waals surface area contributed by atoms with Gasteiger partial charge in [0.2, 0.25) is 5.91 Å². The van der Waals surface area contributed by atoms with E-state index >= 15 is 0 Å². The number of aromatic hydroxyl groups is 1. The first-order valence-electron chi connectivity index (χ1n) is 9.44. The van der Waals surface area contributed by atoms with Crippen LogP contribution in [-0.2, 0) is 4.79 Å². The SMILES string of the molecule is CN(C(=O)c1cccc(-c2ccc(O)cc2)c1)[C@H]1C[C@H]2CNC(=O)C[C@H]2C1. The highest BCUT2D eigenvalue weighted by molar-refractivity contribution is 5.95. The first-order chi connectivity index (χ1) is 13.0. The zero-order valence-electron chi connectivity index (χ0n) is 15.4. The van der Waals surface area contributed by atoms with E-state index in [1.54, 1.807) is 12.1 Å². The quantitative estimate of drug-likeness (QED) is 0.879. The van der Waals surface area contributed by atoms with Gasteiger partial charge in [-0.05, 0) is 60.1 Å². The monoisotopic (exact) mass is 364 g/mol. The maximum Gasteiger partial charge on any atom is 0.253 e. The second-order valence-corrected chi connectivity index (χ2v) is 7.70. The molecule has 1 aliphatic heterocycles. The van der Waals surface area contributed by atoms with Gasteiger partial charge in [-0.2, -0.15) is 0 Å². The molecule has 3 atom stereocenters. The predicted molar refractivity (Wildman–Crippen MR) is 103 cm³/mol. The highest BCUT2D eigenvalue weighted by Crippen LogP contribution is 2.38. The Labute approximate surface area is 159 Å². The molecule has 140 valence electrons. The molecule has 1 heterocycles. The molecule has 2 amide bonds. The van der Waals surface area contributed by atoms with Crippen LogP contribution >= 0.6 is 0 Å². The van der Waals surface area contributed by atoms with Gasteiger partial charge in [0.1, 0.15) is 5.75 Å². The number of piperidine rings is 1. The van der Waals surface area contributed by atoms with Crippen molar-refractivity contribution in [2.24, 2.45) is 11.8 Å². The molecular weight excluding hydrogens is 340 g/mol. The summed E-state index contributed by atoms with van der Waals surface area (Å²) in [7, 11) is 1.87. The summed E-state index contributed by atoms with van der Waals surface area (Å²) in [6.45, 7) is 0.734. The van der Waals surface area contributed by atoms with Gasteiger partial charge < -0.3 is 15.3 Å². The van der Waals surface area contributed by atoms with Crippen molar-refractivity contribution in [1.29, 1.82) is 0 Å². The highest BCUT2D eigenvalue weighted by atomic mass is 16.3. The highest BCUT2D eigenvalue weighted by Gasteiger charge is 2.40. The van der Waals surface area contributed by atoms with Crippen LogP contribution in [0.3, 0.4) is 0 Å². The second-order valence-electron chi connectivity index (χ2n) is 7.70. The average Bonchev–Trinajstić information content (AvgIpc) is 3.10. The van der Waals surface area contributed by atoms with Gasteiger partial charge in [-0.25, -0.2) is 0 Å². The van der Waals surface area contributed by atoms with Crippen molar-refractivity contribution in [1.82, 2.24) is 10.2 Å². The van der Waals surface area contributed by atoms with E-state index in [2.05, 4.69) is 5.32 Å². The van der Waals surface area contributed by atoms with Gasteiger partial charge in [0.15, 0.2) is 0 Å². The molecule has 0 radical (unpaired) electrons. The lowest BCUT2D eigenvalue weighted by atomic mass is 9.89. The van der Waals surface area contributed by atoms with E-state index in [1.165, 1.54) is 0 Å². The number of amides is 2. The number of fused-ring (bicyclic) bond motifs is 1. The molecule has 2 fully saturated rings. The van der Waals surface area contributed by atoms with Gasteiger partial charge in [-0.15, -0.1) is 0 Å². The fourth-order valence-electron chi connectivity index (χ4n) is 4.41. The molecule has 4 rings (SSSR count). The Kier molecular flexibility index (Phi) is 4.60. The van der Waals surface area contributed by atoms with E-state index in [0.717, 1.165) is 30.5 Å². The Balaban J connectivity index is 1.50. The minimum atomic E-state index is 0.0126. The maximum atomic E-state index is 13.0. The van der Waals surface area contributed by atoms with Crippen molar-refractivity contribution in [3.05, 3.63) is 54.1 Å². The lowest BCUT2D eigenvalue weighted by Crippen LogP contribution is -2.38. The van der Waals surface area contributed by atoms with Crippen molar-refractivity contribution >= 4 is 11.8 Å². The number of phenolic OH excluding ortho intramolecular Hbond substituents is 1. The first kappa shape index (κ1) is 17.6. The molecule has 1 saturated heterocycles. The van der Waals surface area contributed by atoms with Crippen LogP contribution in [-0.4, -0.2) is 41.5 Å². The van der Waals surface area contributed by atoms with Crippen molar-refractivity contribution in [3.8, 4) is 16.9 Å². The first-order valence-corrected chi connectivity index (χ1v) is 9.44. The Bertz CT molecular complexity index is 862. The summed E-state index contributed by atoms with van der Waals surface area (Å²) >= 11 is 0. The molecule has 2 aromatic rings. The van der Waals surface area contributed by atoms with Crippen LogP contribution in [0.2, 0.25) is 0 Å². The van der Waals surface area contributed by atoms with E-state index in [9.17, 15) is 14.7 Å². The molecule has 0 bridgehead atoms. The lowest BCUT2D eigenvalue weighted by molar-refractivity contribution is -0.124. The van der Waals surface area contributed by atoms with Crippen molar-refractivity contribution < 1.29 is 14.7 Å². The van der Waals surface area contributed by atoms with E-state index in [0.29, 0.717) is 23.8 Å².